The minimum absolute atomic E-state index is 0.103. The summed E-state index contributed by atoms with van der Waals surface area (Å²) in [4.78, 5) is 38.3. The molecule has 3 aliphatic heterocycles. The van der Waals surface area contributed by atoms with Crippen molar-refractivity contribution in [1.29, 1.82) is 0 Å². The Morgan fingerprint density at radius 3 is 2.79 bits per heavy atom. The fourth-order valence-electron chi connectivity index (χ4n) is 5.55. The lowest BCUT2D eigenvalue weighted by molar-refractivity contribution is -0.136. The van der Waals surface area contributed by atoms with E-state index in [2.05, 4.69) is 22.0 Å². The van der Waals surface area contributed by atoms with Crippen LogP contribution in [-0.4, -0.2) is 47.8 Å². The number of carbonyl (C=O) groups is 3. The first-order valence-corrected chi connectivity index (χ1v) is 10.8. The van der Waals surface area contributed by atoms with Gasteiger partial charge in [0.05, 0.1) is 0 Å². The van der Waals surface area contributed by atoms with Gasteiger partial charge in [0.15, 0.2) is 0 Å². The fraction of sp³-hybridized carbons (Fsp3) is 0.591. The van der Waals surface area contributed by atoms with Gasteiger partial charge in [-0.05, 0) is 67.8 Å². The topological polar surface area (TPSA) is 90.5 Å². The highest BCUT2D eigenvalue weighted by molar-refractivity contribution is 6.05. The second-order valence-electron chi connectivity index (χ2n) is 8.91. The molecule has 0 bridgehead atoms. The molecular weight excluding hydrogens is 368 g/mol. The van der Waals surface area contributed by atoms with Gasteiger partial charge in [-0.25, -0.2) is 0 Å². The molecule has 1 aliphatic carbocycles. The van der Waals surface area contributed by atoms with Gasteiger partial charge in [-0.2, -0.15) is 0 Å². The third-order valence-corrected chi connectivity index (χ3v) is 7.21. The van der Waals surface area contributed by atoms with Crippen molar-refractivity contribution >= 4 is 17.7 Å². The zero-order valence-corrected chi connectivity index (χ0v) is 16.6. The Morgan fingerprint density at radius 1 is 1.07 bits per heavy atom. The number of benzene rings is 1. The van der Waals surface area contributed by atoms with Crippen LogP contribution >= 0.6 is 0 Å². The number of carbonyl (C=O) groups excluding carboxylic acids is 3. The zero-order chi connectivity index (χ0) is 20.0. The third-order valence-electron chi connectivity index (χ3n) is 7.21. The predicted molar refractivity (Wildman–Crippen MR) is 107 cm³/mol. The first-order valence-electron chi connectivity index (χ1n) is 10.8. The molecule has 1 aromatic rings. The van der Waals surface area contributed by atoms with E-state index in [1.54, 1.807) is 4.90 Å². The number of nitrogens with zero attached hydrogens (tertiary/aromatic N) is 1. The molecule has 4 aliphatic rings. The average molecular weight is 396 g/mol. The van der Waals surface area contributed by atoms with Crippen LogP contribution in [0.4, 0.5) is 0 Å². The molecule has 2 saturated heterocycles. The van der Waals surface area contributed by atoms with Crippen molar-refractivity contribution in [2.24, 2.45) is 11.8 Å². The molecule has 4 unspecified atom stereocenters. The van der Waals surface area contributed by atoms with Crippen LogP contribution in [0.5, 0.6) is 0 Å². The van der Waals surface area contributed by atoms with Crippen molar-refractivity contribution in [3.05, 3.63) is 34.9 Å². The number of piperidine rings is 1. The lowest BCUT2D eigenvalue weighted by Gasteiger charge is -2.32. The maximum Gasteiger partial charge on any atom is 0.255 e. The maximum absolute atomic E-state index is 12.9. The van der Waals surface area contributed by atoms with Crippen molar-refractivity contribution in [1.82, 2.24) is 20.9 Å². The average Bonchev–Trinajstić information content (AvgIpc) is 3.31. The molecule has 0 spiro atoms. The molecule has 3 N–H and O–H groups in total. The van der Waals surface area contributed by atoms with Gasteiger partial charge >= 0.3 is 0 Å². The number of imide groups is 1. The van der Waals surface area contributed by atoms with Crippen LogP contribution in [0.3, 0.4) is 0 Å². The highest BCUT2D eigenvalue weighted by Gasteiger charge is 2.40. The molecule has 154 valence electrons. The van der Waals surface area contributed by atoms with Crippen LogP contribution in [-0.2, 0) is 22.7 Å². The zero-order valence-electron chi connectivity index (χ0n) is 16.6. The Balaban J connectivity index is 1.27. The van der Waals surface area contributed by atoms with Crippen molar-refractivity contribution in [2.45, 2.75) is 57.3 Å². The van der Waals surface area contributed by atoms with Crippen molar-refractivity contribution in [3.8, 4) is 0 Å². The minimum Gasteiger partial charge on any atom is -0.322 e. The van der Waals surface area contributed by atoms with E-state index in [9.17, 15) is 14.4 Å². The molecule has 1 saturated carbocycles. The summed E-state index contributed by atoms with van der Waals surface area (Å²) in [6, 6.07) is 5.83. The van der Waals surface area contributed by atoms with E-state index in [1.165, 1.54) is 25.8 Å². The van der Waals surface area contributed by atoms with E-state index in [4.69, 9.17) is 0 Å². The van der Waals surface area contributed by atoms with Crippen LogP contribution in [0, 0.1) is 11.8 Å². The van der Waals surface area contributed by atoms with E-state index >= 15 is 0 Å². The van der Waals surface area contributed by atoms with Gasteiger partial charge in [-0.15, -0.1) is 0 Å². The SMILES string of the molecule is O=C1CCC(N2Cc3c(CNC4CCC5CNCC5C4)cccc3C2=O)C(=O)N1. The van der Waals surface area contributed by atoms with Gasteiger partial charge in [0.2, 0.25) is 11.8 Å². The molecule has 4 atom stereocenters. The second-order valence-corrected chi connectivity index (χ2v) is 8.91. The van der Waals surface area contributed by atoms with E-state index < -0.39 is 6.04 Å². The molecule has 29 heavy (non-hydrogen) atoms. The summed E-state index contributed by atoms with van der Waals surface area (Å²) in [5, 5.41) is 9.60. The summed E-state index contributed by atoms with van der Waals surface area (Å²) in [6.45, 7) is 3.49. The molecule has 0 radical (unpaired) electrons. The standard InChI is InChI=1S/C22H28N4O3/c27-20-7-6-19(21(28)25-20)26-12-18-14(2-1-3-17(18)22(26)29)11-24-16-5-4-13-9-23-10-15(13)8-16/h1-3,13,15-16,19,23-24H,4-12H2,(H,25,27,28). The number of fused-ring (bicyclic) bond motifs is 2. The predicted octanol–water partition coefficient (Wildman–Crippen LogP) is 0.925. The normalized spacial score (nSPS) is 31.6. The van der Waals surface area contributed by atoms with E-state index in [0.717, 1.165) is 36.1 Å². The number of amides is 3. The third kappa shape index (κ3) is 3.46. The highest BCUT2D eigenvalue weighted by atomic mass is 16.2. The van der Waals surface area contributed by atoms with Gasteiger partial charge in [0.25, 0.3) is 5.91 Å². The second kappa shape index (κ2) is 7.54. The van der Waals surface area contributed by atoms with Crippen LogP contribution in [0.15, 0.2) is 18.2 Å². The largest absolute Gasteiger partial charge is 0.322 e. The fourth-order valence-corrected chi connectivity index (χ4v) is 5.55. The molecule has 0 aromatic heterocycles. The maximum atomic E-state index is 12.9. The molecule has 1 aromatic carbocycles. The van der Waals surface area contributed by atoms with Crippen LogP contribution < -0.4 is 16.0 Å². The first-order chi connectivity index (χ1) is 14.1. The monoisotopic (exact) mass is 396 g/mol. The molecule has 3 amide bonds. The van der Waals surface area contributed by atoms with E-state index in [-0.39, 0.29) is 24.1 Å². The van der Waals surface area contributed by atoms with Crippen LogP contribution in [0.1, 0.15) is 53.6 Å². The molecule has 3 fully saturated rings. The summed E-state index contributed by atoms with van der Waals surface area (Å²) in [7, 11) is 0. The van der Waals surface area contributed by atoms with Gasteiger partial charge in [-0.1, -0.05) is 12.1 Å². The number of nitrogens with one attached hydrogen (secondary N) is 3. The Labute approximate surface area is 170 Å². The van der Waals surface area contributed by atoms with Gasteiger partial charge < -0.3 is 15.5 Å². The quantitative estimate of drug-likeness (QED) is 0.659. The summed E-state index contributed by atoms with van der Waals surface area (Å²) in [5.74, 6) is 0.909. The lowest BCUT2D eigenvalue weighted by atomic mass is 9.79. The number of hydrogen-bond donors (Lipinski definition) is 3. The van der Waals surface area contributed by atoms with Crippen LogP contribution in [0.2, 0.25) is 0 Å². The Hall–Kier alpha value is -2.25. The summed E-state index contributed by atoms with van der Waals surface area (Å²) < 4.78 is 0. The van der Waals surface area contributed by atoms with Crippen LogP contribution in [0.25, 0.3) is 0 Å². The molecule has 3 heterocycles. The van der Waals surface area contributed by atoms with Crippen molar-refractivity contribution < 1.29 is 14.4 Å². The molecule has 7 heteroatoms. The van der Waals surface area contributed by atoms with Crippen molar-refractivity contribution in [3.63, 3.8) is 0 Å². The lowest BCUT2D eigenvalue weighted by Crippen LogP contribution is -2.52. The first kappa shape index (κ1) is 18.8. The molecule has 5 rings (SSSR count). The van der Waals surface area contributed by atoms with E-state index in [1.807, 2.05) is 12.1 Å². The van der Waals surface area contributed by atoms with Gasteiger partial charge in [0.1, 0.15) is 6.04 Å². The number of rotatable bonds is 4. The number of hydrogen-bond acceptors (Lipinski definition) is 5. The van der Waals surface area contributed by atoms with Gasteiger partial charge in [-0.3, -0.25) is 19.7 Å². The Kier molecular flexibility index (Phi) is 4.87. The Morgan fingerprint density at radius 2 is 1.93 bits per heavy atom. The van der Waals surface area contributed by atoms with Gasteiger partial charge in [0, 0.05) is 31.1 Å². The summed E-state index contributed by atoms with van der Waals surface area (Å²) >= 11 is 0. The molecular formula is C22H28N4O3. The minimum atomic E-state index is -0.557. The van der Waals surface area contributed by atoms with E-state index in [0.29, 0.717) is 24.6 Å². The summed E-state index contributed by atoms with van der Waals surface area (Å²) in [6.07, 6.45) is 4.39. The van der Waals surface area contributed by atoms with Crippen molar-refractivity contribution in [2.75, 3.05) is 13.1 Å². The smallest absolute Gasteiger partial charge is 0.255 e. The molecule has 7 nitrogen and oxygen atoms in total. The Bertz CT molecular complexity index is 854. The summed E-state index contributed by atoms with van der Waals surface area (Å²) in [5.41, 5.74) is 2.85. The highest BCUT2D eigenvalue weighted by Crippen LogP contribution is 2.33.